The molecule has 1 fully saturated rings. The summed E-state index contributed by atoms with van der Waals surface area (Å²) in [5.74, 6) is -1.16. The summed E-state index contributed by atoms with van der Waals surface area (Å²) in [6.45, 7) is -0.590. The summed E-state index contributed by atoms with van der Waals surface area (Å²) in [5.41, 5.74) is 2.03. The SMILES string of the molecule is CN(C(=O)NOCC(=O)O)C1CCCCC1O. The molecule has 0 aromatic heterocycles. The molecule has 0 heterocycles. The van der Waals surface area contributed by atoms with Gasteiger partial charge >= 0.3 is 12.0 Å². The van der Waals surface area contributed by atoms with Crippen molar-refractivity contribution in [2.24, 2.45) is 0 Å². The molecular weight excluding hydrogens is 228 g/mol. The van der Waals surface area contributed by atoms with Crippen LogP contribution in [0.2, 0.25) is 0 Å². The van der Waals surface area contributed by atoms with Gasteiger partial charge in [0.25, 0.3) is 0 Å². The molecule has 3 N–H and O–H groups in total. The number of aliphatic hydroxyl groups is 1. The summed E-state index contributed by atoms with van der Waals surface area (Å²) < 4.78 is 0. The quantitative estimate of drug-likeness (QED) is 0.604. The Kier molecular flexibility index (Phi) is 5.17. The van der Waals surface area contributed by atoms with Crippen LogP contribution in [0.3, 0.4) is 0 Å². The molecule has 0 saturated heterocycles. The van der Waals surface area contributed by atoms with E-state index in [0.717, 1.165) is 19.3 Å². The van der Waals surface area contributed by atoms with Gasteiger partial charge in [-0.25, -0.2) is 15.1 Å². The number of hydroxylamine groups is 1. The van der Waals surface area contributed by atoms with E-state index < -0.39 is 24.7 Å². The van der Waals surface area contributed by atoms with Crippen LogP contribution in [0.15, 0.2) is 0 Å². The molecule has 1 saturated carbocycles. The lowest BCUT2D eigenvalue weighted by atomic mass is 9.92. The second-order valence-corrected chi connectivity index (χ2v) is 4.12. The molecule has 0 aromatic carbocycles. The van der Waals surface area contributed by atoms with Crippen LogP contribution in [-0.2, 0) is 9.63 Å². The summed E-state index contributed by atoms with van der Waals surface area (Å²) in [5, 5.41) is 18.1. The summed E-state index contributed by atoms with van der Waals surface area (Å²) in [7, 11) is 1.55. The lowest BCUT2D eigenvalue weighted by molar-refractivity contribution is -0.144. The number of carboxylic acid groups (broad SMARTS) is 1. The molecule has 7 heteroatoms. The highest BCUT2D eigenvalue weighted by Gasteiger charge is 2.29. The largest absolute Gasteiger partial charge is 0.479 e. The van der Waals surface area contributed by atoms with Crippen molar-refractivity contribution in [1.29, 1.82) is 0 Å². The van der Waals surface area contributed by atoms with Crippen molar-refractivity contribution in [3.05, 3.63) is 0 Å². The number of rotatable bonds is 4. The third-order valence-corrected chi connectivity index (χ3v) is 2.87. The zero-order valence-corrected chi connectivity index (χ0v) is 9.76. The van der Waals surface area contributed by atoms with Crippen molar-refractivity contribution in [1.82, 2.24) is 10.4 Å². The lowest BCUT2D eigenvalue weighted by Crippen LogP contribution is -2.50. The fourth-order valence-corrected chi connectivity index (χ4v) is 1.93. The van der Waals surface area contributed by atoms with E-state index in [1.165, 1.54) is 4.90 Å². The van der Waals surface area contributed by atoms with E-state index in [4.69, 9.17) is 5.11 Å². The Morgan fingerprint density at radius 1 is 1.41 bits per heavy atom. The molecular formula is C10H18N2O5. The van der Waals surface area contributed by atoms with Gasteiger partial charge in [0.2, 0.25) is 0 Å². The summed E-state index contributed by atoms with van der Waals surface area (Å²) in [4.78, 5) is 27.6. The highest BCUT2D eigenvalue weighted by molar-refractivity contribution is 5.73. The molecule has 2 unspecified atom stereocenters. The number of nitrogens with zero attached hydrogens (tertiary/aromatic N) is 1. The van der Waals surface area contributed by atoms with E-state index in [-0.39, 0.29) is 6.04 Å². The maximum atomic E-state index is 11.6. The van der Waals surface area contributed by atoms with Crippen LogP contribution in [0.5, 0.6) is 0 Å². The molecule has 1 aliphatic carbocycles. The third-order valence-electron chi connectivity index (χ3n) is 2.87. The number of aliphatic carboxylic acids is 1. The molecule has 0 aromatic rings. The summed E-state index contributed by atoms with van der Waals surface area (Å²) in [6, 6.07) is -0.783. The van der Waals surface area contributed by atoms with Crippen LogP contribution in [0.25, 0.3) is 0 Å². The Balaban J connectivity index is 2.37. The van der Waals surface area contributed by atoms with E-state index in [2.05, 4.69) is 4.84 Å². The molecule has 2 amide bonds. The van der Waals surface area contributed by atoms with Crippen molar-refractivity contribution < 1.29 is 24.6 Å². The number of aliphatic hydroxyl groups excluding tert-OH is 1. The smallest absolute Gasteiger partial charge is 0.341 e. The average Bonchev–Trinajstić information content (AvgIpc) is 2.28. The summed E-state index contributed by atoms with van der Waals surface area (Å²) >= 11 is 0. The highest BCUT2D eigenvalue weighted by atomic mass is 16.7. The molecule has 7 nitrogen and oxygen atoms in total. The zero-order valence-electron chi connectivity index (χ0n) is 9.76. The minimum absolute atomic E-state index is 0.239. The number of amides is 2. The average molecular weight is 246 g/mol. The fourth-order valence-electron chi connectivity index (χ4n) is 1.93. The molecule has 1 aliphatic rings. The molecule has 2 atom stereocenters. The standard InChI is InChI=1S/C10H18N2O5/c1-12(7-4-2-3-5-8(7)13)10(16)11-17-6-9(14)15/h7-8,13H,2-6H2,1H3,(H,11,16)(H,14,15). The second kappa shape index (κ2) is 6.41. The van der Waals surface area contributed by atoms with Gasteiger partial charge in [-0.1, -0.05) is 12.8 Å². The molecule has 0 bridgehead atoms. The maximum absolute atomic E-state index is 11.6. The number of hydrogen-bond acceptors (Lipinski definition) is 4. The highest BCUT2D eigenvalue weighted by Crippen LogP contribution is 2.22. The number of likely N-dealkylation sites (N-methyl/N-ethyl adjacent to an activating group) is 1. The number of carbonyl (C=O) groups excluding carboxylic acids is 1. The van der Waals surface area contributed by atoms with Gasteiger partial charge in [0.1, 0.15) is 0 Å². The topological polar surface area (TPSA) is 99.1 Å². The molecule has 0 aliphatic heterocycles. The van der Waals surface area contributed by atoms with Gasteiger partial charge in [-0.2, -0.15) is 0 Å². The van der Waals surface area contributed by atoms with Gasteiger partial charge in [0.15, 0.2) is 6.61 Å². The normalized spacial score (nSPS) is 24.1. The first-order valence-electron chi connectivity index (χ1n) is 5.57. The predicted octanol–water partition coefficient (Wildman–Crippen LogP) is -0.0525. The maximum Gasteiger partial charge on any atom is 0.341 e. The van der Waals surface area contributed by atoms with Crippen molar-refractivity contribution >= 4 is 12.0 Å². The van der Waals surface area contributed by atoms with Crippen LogP contribution in [0, 0.1) is 0 Å². The van der Waals surface area contributed by atoms with Crippen molar-refractivity contribution in [2.75, 3.05) is 13.7 Å². The number of nitrogens with one attached hydrogen (secondary N) is 1. The Labute approximate surface area is 99.3 Å². The van der Waals surface area contributed by atoms with Crippen LogP contribution in [-0.4, -0.2) is 52.9 Å². The predicted molar refractivity (Wildman–Crippen MR) is 58.1 cm³/mol. The first kappa shape index (κ1) is 13.7. The number of carbonyl (C=O) groups is 2. The number of urea groups is 1. The molecule has 17 heavy (non-hydrogen) atoms. The minimum Gasteiger partial charge on any atom is -0.479 e. The lowest BCUT2D eigenvalue weighted by Gasteiger charge is -2.34. The van der Waals surface area contributed by atoms with Crippen molar-refractivity contribution in [3.8, 4) is 0 Å². The first-order valence-corrected chi connectivity index (χ1v) is 5.57. The van der Waals surface area contributed by atoms with E-state index >= 15 is 0 Å². The zero-order chi connectivity index (χ0) is 12.8. The van der Waals surface area contributed by atoms with Crippen LogP contribution < -0.4 is 5.48 Å². The van der Waals surface area contributed by atoms with Gasteiger partial charge < -0.3 is 15.1 Å². The molecule has 1 rings (SSSR count). The van der Waals surface area contributed by atoms with Crippen molar-refractivity contribution in [2.45, 2.75) is 37.8 Å². The minimum atomic E-state index is -1.16. The van der Waals surface area contributed by atoms with Gasteiger partial charge in [-0.05, 0) is 12.8 Å². The van der Waals surface area contributed by atoms with Gasteiger partial charge in [-0.15, -0.1) is 0 Å². The van der Waals surface area contributed by atoms with E-state index in [9.17, 15) is 14.7 Å². The Morgan fingerprint density at radius 3 is 2.65 bits per heavy atom. The summed E-state index contributed by atoms with van der Waals surface area (Å²) in [6.07, 6.45) is 2.82. The van der Waals surface area contributed by atoms with Crippen LogP contribution >= 0.6 is 0 Å². The fraction of sp³-hybridized carbons (Fsp3) is 0.800. The van der Waals surface area contributed by atoms with Gasteiger partial charge in [0.05, 0.1) is 12.1 Å². The van der Waals surface area contributed by atoms with E-state index in [1.807, 2.05) is 5.48 Å². The first-order chi connectivity index (χ1) is 8.02. The molecule has 98 valence electrons. The van der Waals surface area contributed by atoms with Gasteiger partial charge in [-0.3, -0.25) is 4.84 Å². The monoisotopic (exact) mass is 246 g/mol. The Bertz CT molecular complexity index is 284. The second-order valence-electron chi connectivity index (χ2n) is 4.12. The Morgan fingerprint density at radius 2 is 2.06 bits per heavy atom. The van der Waals surface area contributed by atoms with E-state index in [1.54, 1.807) is 7.05 Å². The van der Waals surface area contributed by atoms with Crippen LogP contribution in [0.1, 0.15) is 25.7 Å². The third kappa shape index (κ3) is 4.20. The molecule has 0 radical (unpaired) electrons. The van der Waals surface area contributed by atoms with Crippen molar-refractivity contribution in [3.63, 3.8) is 0 Å². The van der Waals surface area contributed by atoms with Gasteiger partial charge in [0, 0.05) is 7.05 Å². The number of hydrogen-bond donors (Lipinski definition) is 3. The Hall–Kier alpha value is -1.34. The van der Waals surface area contributed by atoms with Crippen LogP contribution in [0.4, 0.5) is 4.79 Å². The number of carboxylic acids is 1. The van der Waals surface area contributed by atoms with E-state index in [0.29, 0.717) is 6.42 Å². The molecule has 0 spiro atoms.